The topological polar surface area (TPSA) is 29.5 Å². The van der Waals surface area contributed by atoms with E-state index in [2.05, 4.69) is 32.9 Å². The van der Waals surface area contributed by atoms with Crippen LogP contribution < -0.4 is 4.74 Å². The van der Waals surface area contributed by atoms with E-state index in [0.29, 0.717) is 6.61 Å². The van der Waals surface area contributed by atoms with E-state index in [9.17, 15) is 5.11 Å². The fourth-order valence-corrected chi connectivity index (χ4v) is 2.54. The Kier molecular flexibility index (Phi) is 3.43. The molecule has 1 N–H and O–H groups in total. The maximum atomic E-state index is 10.3. The second kappa shape index (κ2) is 4.69. The molecule has 94 valence electrons. The standard InChI is InChI=1S/C15H22O2/c1-11-8-12(2)13(3)14(9-11)17-10-15(16)6-4-5-7-15/h8-9,16H,4-7,10H2,1-3H3. The molecule has 1 aromatic rings. The van der Waals surface area contributed by atoms with Gasteiger partial charge in [0.15, 0.2) is 0 Å². The van der Waals surface area contributed by atoms with Crippen LogP contribution in [-0.2, 0) is 0 Å². The van der Waals surface area contributed by atoms with Gasteiger partial charge in [0.2, 0.25) is 0 Å². The summed E-state index contributed by atoms with van der Waals surface area (Å²) in [5.74, 6) is 0.919. The van der Waals surface area contributed by atoms with Crippen LogP contribution in [0.4, 0.5) is 0 Å². The largest absolute Gasteiger partial charge is 0.490 e. The molecular weight excluding hydrogens is 212 g/mol. The van der Waals surface area contributed by atoms with E-state index in [0.717, 1.165) is 31.4 Å². The van der Waals surface area contributed by atoms with Crippen molar-refractivity contribution in [2.24, 2.45) is 0 Å². The Morgan fingerprint density at radius 1 is 1.18 bits per heavy atom. The molecule has 0 bridgehead atoms. The summed E-state index contributed by atoms with van der Waals surface area (Å²) in [7, 11) is 0. The Labute approximate surface area is 104 Å². The normalized spacial score (nSPS) is 18.4. The lowest BCUT2D eigenvalue weighted by Crippen LogP contribution is -2.32. The van der Waals surface area contributed by atoms with Crippen molar-refractivity contribution in [3.8, 4) is 5.75 Å². The minimum Gasteiger partial charge on any atom is -0.490 e. The zero-order valence-corrected chi connectivity index (χ0v) is 11.0. The zero-order valence-electron chi connectivity index (χ0n) is 11.0. The number of hydrogen-bond acceptors (Lipinski definition) is 2. The molecule has 0 heterocycles. The van der Waals surface area contributed by atoms with E-state index in [-0.39, 0.29) is 0 Å². The predicted molar refractivity (Wildman–Crippen MR) is 69.6 cm³/mol. The summed E-state index contributed by atoms with van der Waals surface area (Å²) >= 11 is 0. The molecule has 0 spiro atoms. The fourth-order valence-electron chi connectivity index (χ4n) is 2.54. The van der Waals surface area contributed by atoms with Crippen LogP contribution in [0.15, 0.2) is 12.1 Å². The van der Waals surface area contributed by atoms with Crippen LogP contribution in [0.5, 0.6) is 5.75 Å². The monoisotopic (exact) mass is 234 g/mol. The van der Waals surface area contributed by atoms with Crippen molar-refractivity contribution in [2.45, 2.75) is 52.1 Å². The summed E-state index contributed by atoms with van der Waals surface area (Å²) in [4.78, 5) is 0. The van der Waals surface area contributed by atoms with Gasteiger partial charge in [-0.05, 0) is 56.4 Å². The van der Waals surface area contributed by atoms with Gasteiger partial charge in [-0.15, -0.1) is 0 Å². The lowest BCUT2D eigenvalue weighted by molar-refractivity contribution is 0.00118. The number of aliphatic hydroxyl groups is 1. The molecule has 0 amide bonds. The van der Waals surface area contributed by atoms with Gasteiger partial charge in [-0.25, -0.2) is 0 Å². The molecule has 1 fully saturated rings. The molecule has 1 aromatic carbocycles. The number of benzene rings is 1. The van der Waals surface area contributed by atoms with Crippen molar-refractivity contribution in [3.63, 3.8) is 0 Å². The SMILES string of the molecule is Cc1cc(C)c(C)c(OCC2(O)CCCC2)c1. The smallest absolute Gasteiger partial charge is 0.122 e. The van der Waals surface area contributed by atoms with Crippen LogP contribution in [0.25, 0.3) is 0 Å². The number of rotatable bonds is 3. The van der Waals surface area contributed by atoms with Gasteiger partial charge in [-0.1, -0.05) is 18.9 Å². The number of hydrogen-bond donors (Lipinski definition) is 1. The minimum atomic E-state index is -0.593. The zero-order chi connectivity index (χ0) is 12.5. The summed E-state index contributed by atoms with van der Waals surface area (Å²) in [6, 6.07) is 4.22. The highest BCUT2D eigenvalue weighted by atomic mass is 16.5. The van der Waals surface area contributed by atoms with E-state index in [1.54, 1.807) is 0 Å². The lowest BCUT2D eigenvalue weighted by Gasteiger charge is -2.23. The van der Waals surface area contributed by atoms with Crippen molar-refractivity contribution in [1.82, 2.24) is 0 Å². The maximum Gasteiger partial charge on any atom is 0.122 e. The van der Waals surface area contributed by atoms with E-state index in [4.69, 9.17) is 4.74 Å². The molecule has 2 rings (SSSR count). The summed E-state index contributed by atoms with van der Waals surface area (Å²) in [6.07, 6.45) is 3.98. The second-order valence-electron chi connectivity index (χ2n) is 5.43. The molecule has 1 saturated carbocycles. The van der Waals surface area contributed by atoms with Gasteiger partial charge in [0, 0.05) is 0 Å². The molecule has 2 nitrogen and oxygen atoms in total. The number of aryl methyl sites for hydroxylation is 2. The Balaban J connectivity index is 2.08. The van der Waals surface area contributed by atoms with Crippen LogP contribution in [0.2, 0.25) is 0 Å². The van der Waals surface area contributed by atoms with Gasteiger partial charge in [-0.2, -0.15) is 0 Å². The highest BCUT2D eigenvalue weighted by Gasteiger charge is 2.32. The van der Waals surface area contributed by atoms with E-state index < -0.39 is 5.60 Å². The first-order valence-electron chi connectivity index (χ1n) is 6.43. The quantitative estimate of drug-likeness (QED) is 0.869. The van der Waals surface area contributed by atoms with Gasteiger partial charge in [0.05, 0.1) is 5.60 Å². The lowest BCUT2D eigenvalue weighted by atomic mass is 10.0. The first kappa shape index (κ1) is 12.4. The van der Waals surface area contributed by atoms with E-state index in [1.807, 2.05) is 0 Å². The van der Waals surface area contributed by atoms with Crippen molar-refractivity contribution < 1.29 is 9.84 Å². The van der Waals surface area contributed by atoms with Gasteiger partial charge >= 0.3 is 0 Å². The summed E-state index contributed by atoms with van der Waals surface area (Å²) in [6.45, 7) is 6.67. The van der Waals surface area contributed by atoms with Crippen LogP contribution in [0.1, 0.15) is 42.4 Å². The first-order chi connectivity index (χ1) is 8.00. The molecular formula is C15H22O2. The van der Waals surface area contributed by atoms with Crippen molar-refractivity contribution in [2.75, 3.05) is 6.61 Å². The molecule has 0 radical (unpaired) electrons. The molecule has 17 heavy (non-hydrogen) atoms. The predicted octanol–water partition coefficient (Wildman–Crippen LogP) is 3.30. The molecule has 0 saturated heterocycles. The highest BCUT2D eigenvalue weighted by Crippen LogP contribution is 2.31. The van der Waals surface area contributed by atoms with Crippen LogP contribution in [0.3, 0.4) is 0 Å². The molecule has 2 heteroatoms. The molecule has 1 aliphatic rings. The van der Waals surface area contributed by atoms with Gasteiger partial charge in [0.25, 0.3) is 0 Å². The third-order valence-electron chi connectivity index (χ3n) is 3.79. The molecule has 1 aliphatic carbocycles. The fraction of sp³-hybridized carbons (Fsp3) is 0.600. The van der Waals surface area contributed by atoms with Crippen LogP contribution >= 0.6 is 0 Å². The summed E-state index contributed by atoms with van der Waals surface area (Å²) in [5.41, 5.74) is 3.04. The number of ether oxygens (including phenoxy) is 1. The maximum absolute atomic E-state index is 10.3. The van der Waals surface area contributed by atoms with E-state index >= 15 is 0 Å². The second-order valence-corrected chi connectivity index (χ2v) is 5.43. The molecule has 0 atom stereocenters. The van der Waals surface area contributed by atoms with Gasteiger partial charge < -0.3 is 9.84 Å². The van der Waals surface area contributed by atoms with Crippen molar-refractivity contribution >= 4 is 0 Å². The van der Waals surface area contributed by atoms with Crippen LogP contribution in [0, 0.1) is 20.8 Å². The van der Waals surface area contributed by atoms with Gasteiger partial charge in [-0.3, -0.25) is 0 Å². The molecule has 0 aliphatic heterocycles. The Morgan fingerprint density at radius 2 is 1.82 bits per heavy atom. The third-order valence-corrected chi connectivity index (χ3v) is 3.79. The third kappa shape index (κ3) is 2.81. The first-order valence-corrected chi connectivity index (χ1v) is 6.43. The van der Waals surface area contributed by atoms with Gasteiger partial charge in [0.1, 0.15) is 12.4 Å². The molecule has 0 aromatic heterocycles. The Bertz CT molecular complexity index is 404. The van der Waals surface area contributed by atoms with Crippen molar-refractivity contribution in [1.29, 1.82) is 0 Å². The average Bonchev–Trinajstić information content (AvgIpc) is 2.69. The Hall–Kier alpha value is -1.02. The summed E-state index contributed by atoms with van der Waals surface area (Å²) < 4.78 is 5.84. The van der Waals surface area contributed by atoms with Crippen LogP contribution in [-0.4, -0.2) is 17.3 Å². The highest BCUT2D eigenvalue weighted by molar-refractivity contribution is 5.41. The van der Waals surface area contributed by atoms with Crippen molar-refractivity contribution in [3.05, 3.63) is 28.8 Å². The molecule has 0 unspecified atom stereocenters. The minimum absolute atomic E-state index is 0.427. The van der Waals surface area contributed by atoms with E-state index in [1.165, 1.54) is 16.7 Å². The Morgan fingerprint density at radius 3 is 2.47 bits per heavy atom. The average molecular weight is 234 g/mol. The summed E-state index contributed by atoms with van der Waals surface area (Å²) in [5, 5.41) is 10.3.